The zero-order valence-corrected chi connectivity index (χ0v) is 15.7. The van der Waals surface area contributed by atoms with Crippen molar-refractivity contribution in [1.82, 2.24) is 10.2 Å². The standard InChI is InChI=1S/C22H30N2O2/c1-17-7-10-20(11-8-17)23-22(26)19-13-15-24(16-14-19)21(25)12-9-18-5-3-2-4-6-18/h2-6,9,12,17,19-20H,7-8,10-11,13-16H2,1H3,(H,23,26). The third kappa shape index (κ3) is 5.20. The molecule has 2 fully saturated rings. The van der Waals surface area contributed by atoms with Gasteiger partial charge in [-0.3, -0.25) is 9.59 Å². The molecule has 1 saturated heterocycles. The number of nitrogens with zero attached hydrogens (tertiary/aromatic N) is 1. The monoisotopic (exact) mass is 354 g/mol. The predicted octanol–water partition coefficient (Wildman–Crippen LogP) is 3.63. The first-order valence-corrected chi connectivity index (χ1v) is 9.94. The first-order chi connectivity index (χ1) is 12.6. The molecule has 1 saturated carbocycles. The van der Waals surface area contributed by atoms with Gasteiger partial charge < -0.3 is 10.2 Å². The van der Waals surface area contributed by atoms with Crippen LogP contribution in [0.3, 0.4) is 0 Å². The topological polar surface area (TPSA) is 49.4 Å². The quantitative estimate of drug-likeness (QED) is 0.840. The molecule has 1 N–H and O–H groups in total. The lowest BCUT2D eigenvalue weighted by atomic mass is 9.86. The second kappa shape index (κ2) is 9.02. The third-order valence-electron chi connectivity index (χ3n) is 5.76. The van der Waals surface area contributed by atoms with Crippen molar-refractivity contribution in [2.45, 2.75) is 51.5 Å². The van der Waals surface area contributed by atoms with Crippen molar-refractivity contribution >= 4 is 17.9 Å². The lowest BCUT2D eigenvalue weighted by Crippen LogP contribution is -2.45. The molecule has 26 heavy (non-hydrogen) atoms. The number of likely N-dealkylation sites (tertiary alicyclic amines) is 1. The Bertz CT molecular complexity index is 625. The van der Waals surface area contributed by atoms with Crippen LogP contribution in [0.15, 0.2) is 36.4 Å². The fourth-order valence-corrected chi connectivity index (χ4v) is 3.92. The largest absolute Gasteiger partial charge is 0.353 e. The van der Waals surface area contributed by atoms with E-state index in [0.29, 0.717) is 19.1 Å². The molecule has 0 radical (unpaired) electrons. The van der Waals surface area contributed by atoms with Crippen molar-refractivity contribution in [1.29, 1.82) is 0 Å². The molecule has 1 aromatic rings. The van der Waals surface area contributed by atoms with Gasteiger partial charge in [-0.1, -0.05) is 37.3 Å². The molecule has 2 aliphatic rings. The van der Waals surface area contributed by atoms with Gasteiger partial charge in [0, 0.05) is 31.1 Å². The van der Waals surface area contributed by atoms with Crippen LogP contribution in [-0.4, -0.2) is 35.8 Å². The minimum atomic E-state index is 0.0361. The van der Waals surface area contributed by atoms with Crippen LogP contribution < -0.4 is 5.32 Å². The highest BCUT2D eigenvalue weighted by Crippen LogP contribution is 2.25. The number of carbonyl (C=O) groups is 2. The number of benzene rings is 1. The van der Waals surface area contributed by atoms with Crippen LogP contribution >= 0.6 is 0 Å². The predicted molar refractivity (Wildman–Crippen MR) is 104 cm³/mol. The zero-order valence-electron chi connectivity index (χ0n) is 15.7. The number of nitrogens with one attached hydrogen (secondary N) is 1. The van der Waals surface area contributed by atoms with E-state index in [2.05, 4.69) is 12.2 Å². The second-order valence-corrected chi connectivity index (χ2v) is 7.81. The summed E-state index contributed by atoms with van der Waals surface area (Å²) in [5, 5.41) is 3.24. The maximum atomic E-state index is 12.5. The maximum Gasteiger partial charge on any atom is 0.246 e. The first kappa shape index (κ1) is 18.7. The summed E-state index contributed by atoms with van der Waals surface area (Å²) in [6, 6.07) is 10.2. The Labute approximate surface area is 156 Å². The molecular formula is C22H30N2O2. The van der Waals surface area contributed by atoms with Crippen LogP contribution in [0.2, 0.25) is 0 Å². The Balaban J connectivity index is 1.42. The smallest absolute Gasteiger partial charge is 0.246 e. The zero-order chi connectivity index (χ0) is 18.4. The van der Waals surface area contributed by atoms with Crippen LogP contribution in [0.5, 0.6) is 0 Å². The molecule has 0 atom stereocenters. The molecule has 0 aromatic heterocycles. The number of amides is 2. The molecule has 1 aliphatic carbocycles. The van der Waals surface area contributed by atoms with Gasteiger partial charge in [0.15, 0.2) is 0 Å². The van der Waals surface area contributed by atoms with Crippen LogP contribution in [0.4, 0.5) is 0 Å². The molecule has 1 aliphatic heterocycles. The minimum Gasteiger partial charge on any atom is -0.353 e. The second-order valence-electron chi connectivity index (χ2n) is 7.81. The number of rotatable bonds is 4. The van der Waals surface area contributed by atoms with E-state index in [9.17, 15) is 9.59 Å². The highest BCUT2D eigenvalue weighted by molar-refractivity contribution is 5.92. The number of carbonyl (C=O) groups excluding carboxylic acids is 2. The summed E-state index contributed by atoms with van der Waals surface area (Å²) in [5.74, 6) is 1.07. The minimum absolute atomic E-state index is 0.0361. The number of hydrogen-bond donors (Lipinski definition) is 1. The Morgan fingerprint density at radius 3 is 2.31 bits per heavy atom. The molecule has 2 amide bonds. The first-order valence-electron chi connectivity index (χ1n) is 9.94. The maximum absolute atomic E-state index is 12.5. The van der Waals surface area contributed by atoms with Gasteiger partial charge in [-0.2, -0.15) is 0 Å². The summed E-state index contributed by atoms with van der Waals surface area (Å²) in [7, 11) is 0. The van der Waals surface area contributed by atoms with E-state index >= 15 is 0 Å². The summed E-state index contributed by atoms with van der Waals surface area (Å²) in [5.41, 5.74) is 1.02. The average molecular weight is 354 g/mol. The molecule has 0 bridgehead atoms. The van der Waals surface area contributed by atoms with E-state index in [-0.39, 0.29) is 17.7 Å². The molecule has 3 rings (SSSR count). The van der Waals surface area contributed by atoms with Gasteiger partial charge >= 0.3 is 0 Å². The van der Waals surface area contributed by atoms with Crippen molar-refractivity contribution < 1.29 is 9.59 Å². The summed E-state index contributed by atoms with van der Waals surface area (Å²) in [6.45, 7) is 3.62. The van der Waals surface area contributed by atoms with E-state index in [0.717, 1.165) is 37.2 Å². The van der Waals surface area contributed by atoms with Gasteiger partial charge in [-0.25, -0.2) is 0 Å². The molecule has 4 nitrogen and oxygen atoms in total. The highest BCUT2D eigenvalue weighted by Gasteiger charge is 2.28. The molecular weight excluding hydrogens is 324 g/mol. The highest BCUT2D eigenvalue weighted by atomic mass is 16.2. The van der Waals surface area contributed by atoms with E-state index in [1.165, 1.54) is 12.8 Å². The van der Waals surface area contributed by atoms with E-state index in [1.54, 1.807) is 6.08 Å². The molecule has 1 heterocycles. The van der Waals surface area contributed by atoms with Crippen LogP contribution in [0.1, 0.15) is 51.0 Å². The average Bonchev–Trinajstić information content (AvgIpc) is 2.69. The van der Waals surface area contributed by atoms with E-state index in [4.69, 9.17) is 0 Å². The van der Waals surface area contributed by atoms with Crippen LogP contribution in [-0.2, 0) is 9.59 Å². The summed E-state index contributed by atoms with van der Waals surface area (Å²) < 4.78 is 0. The molecule has 140 valence electrons. The lowest BCUT2D eigenvalue weighted by Gasteiger charge is -2.33. The number of hydrogen-bond acceptors (Lipinski definition) is 2. The van der Waals surface area contributed by atoms with Gasteiger partial charge in [0.1, 0.15) is 0 Å². The normalized spacial score (nSPS) is 24.6. The lowest BCUT2D eigenvalue weighted by molar-refractivity contribution is -0.132. The van der Waals surface area contributed by atoms with Crippen LogP contribution in [0, 0.1) is 11.8 Å². The molecule has 0 spiro atoms. The Morgan fingerprint density at radius 2 is 1.65 bits per heavy atom. The molecule has 0 unspecified atom stereocenters. The van der Waals surface area contributed by atoms with E-state index in [1.807, 2.05) is 41.3 Å². The Kier molecular flexibility index (Phi) is 6.48. The SMILES string of the molecule is CC1CCC(NC(=O)C2CCN(C(=O)C=Cc3ccccc3)CC2)CC1. The number of piperidine rings is 1. The van der Waals surface area contributed by atoms with Crippen molar-refractivity contribution in [2.75, 3.05) is 13.1 Å². The van der Waals surface area contributed by atoms with Gasteiger partial charge in [0.2, 0.25) is 11.8 Å². The van der Waals surface area contributed by atoms with Crippen molar-refractivity contribution in [3.63, 3.8) is 0 Å². The summed E-state index contributed by atoms with van der Waals surface area (Å²) in [4.78, 5) is 26.7. The summed E-state index contributed by atoms with van der Waals surface area (Å²) in [6.07, 6.45) is 9.66. The Morgan fingerprint density at radius 1 is 1.00 bits per heavy atom. The van der Waals surface area contributed by atoms with Gasteiger partial charge in [-0.05, 0) is 56.1 Å². The fourth-order valence-electron chi connectivity index (χ4n) is 3.92. The van der Waals surface area contributed by atoms with Gasteiger partial charge in [-0.15, -0.1) is 0 Å². The van der Waals surface area contributed by atoms with Gasteiger partial charge in [0.05, 0.1) is 0 Å². The van der Waals surface area contributed by atoms with Crippen molar-refractivity contribution in [3.8, 4) is 0 Å². The Hall–Kier alpha value is -2.10. The molecule has 4 heteroatoms. The van der Waals surface area contributed by atoms with Crippen molar-refractivity contribution in [3.05, 3.63) is 42.0 Å². The molecule has 1 aromatic carbocycles. The van der Waals surface area contributed by atoms with Gasteiger partial charge in [0.25, 0.3) is 0 Å². The fraction of sp³-hybridized carbons (Fsp3) is 0.545. The van der Waals surface area contributed by atoms with Crippen LogP contribution in [0.25, 0.3) is 6.08 Å². The van der Waals surface area contributed by atoms with Crippen molar-refractivity contribution in [2.24, 2.45) is 11.8 Å². The van der Waals surface area contributed by atoms with E-state index < -0.39 is 0 Å². The third-order valence-corrected chi connectivity index (χ3v) is 5.76. The summed E-state index contributed by atoms with van der Waals surface area (Å²) >= 11 is 0.